The van der Waals surface area contributed by atoms with Gasteiger partial charge in [0, 0.05) is 17.3 Å². The summed E-state index contributed by atoms with van der Waals surface area (Å²) >= 11 is 3.36. The van der Waals surface area contributed by atoms with Crippen LogP contribution < -0.4 is 10.5 Å². The van der Waals surface area contributed by atoms with Crippen LogP contribution in [0.5, 0.6) is 5.75 Å². The van der Waals surface area contributed by atoms with Crippen molar-refractivity contribution in [3.63, 3.8) is 0 Å². The summed E-state index contributed by atoms with van der Waals surface area (Å²) in [6.45, 7) is 1.26. The Morgan fingerprint density at radius 1 is 1.35 bits per heavy atom. The van der Waals surface area contributed by atoms with Crippen molar-refractivity contribution in [3.05, 3.63) is 22.7 Å². The zero-order valence-corrected chi connectivity index (χ0v) is 12.2. The number of fused-ring (bicyclic) bond motifs is 1. The number of halogens is 2. The van der Waals surface area contributed by atoms with Crippen molar-refractivity contribution in [2.75, 3.05) is 18.9 Å². The number of hydrogen-bond acceptors (Lipinski definition) is 5. The second kappa shape index (κ2) is 5.49. The van der Waals surface area contributed by atoms with Crippen molar-refractivity contribution >= 4 is 32.7 Å². The second-order valence-electron chi connectivity index (χ2n) is 4.58. The zero-order valence-electron chi connectivity index (χ0n) is 10.6. The van der Waals surface area contributed by atoms with E-state index in [4.69, 9.17) is 15.2 Å². The van der Waals surface area contributed by atoms with E-state index in [-0.39, 0.29) is 23.1 Å². The summed E-state index contributed by atoms with van der Waals surface area (Å²) in [5.74, 6) is -0.254. The fourth-order valence-electron chi connectivity index (χ4n) is 2.23. The van der Waals surface area contributed by atoms with Gasteiger partial charge in [0.05, 0.1) is 24.1 Å². The maximum absolute atomic E-state index is 14.5. The summed E-state index contributed by atoms with van der Waals surface area (Å²) < 4.78 is 26.1. The van der Waals surface area contributed by atoms with E-state index in [2.05, 4.69) is 25.9 Å². The van der Waals surface area contributed by atoms with Gasteiger partial charge in [-0.2, -0.15) is 0 Å². The quantitative estimate of drug-likeness (QED) is 0.909. The molecule has 5 nitrogen and oxygen atoms in total. The van der Waals surface area contributed by atoms with Gasteiger partial charge in [0.2, 0.25) is 0 Å². The average Bonchev–Trinajstić information content (AvgIpc) is 2.45. The van der Waals surface area contributed by atoms with Crippen LogP contribution in [0.15, 0.2) is 16.9 Å². The first kappa shape index (κ1) is 13.5. The normalized spacial score (nSPS) is 16.5. The van der Waals surface area contributed by atoms with Gasteiger partial charge in [-0.25, -0.2) is 14.4 Å². The monoisotopic (exact) mass is 341 g/mol. The highest BCUT2D eigenvalue weighted by molar-refractivity contribution is 9.10. The molecule has 3 rings (SSSR count). The lowest BCUT2D eigenvalue weighted by Crippen LogP contribution is -2.26. The Balaban J connectivity index is 2.03. The molecule has 2 N–H and O–H groups in total. The van der Waals surface area contributed by atoms with Crippen LogP contribution in [-0.2, 0) is 4.74 Å². The van der Waals surface area contributed by atoms with Crippen LogP contribution in [0.2, 0.25) is 0 Å². The largest absolute Gasteiger partial charge is 0.487 e. The van der Waals surface area contributed by atoms with E-state index >= 15 is 0 Å². The van der Waals surface area contributed by atoms with Gasteiger partial charge in [0.1, 0.15) is 18.2 Å². The SMILES string of the molecule is Nc1ncnc2c(Br)cc(OC3CCOCC3)c(F)c12. The predicted octanol–water partition coefficient (Wildman–Crippen LogP) is 2.67. The molecule has 0 atom stereocenters. The number of benzene rings is 1. The molecular formula is C13H13BrFN3O2. The maximum Gasteiger partial charge on any atom is 0.178 e. The molecule has 20 heavy (non-hydrogen) atoms. The molecular weight excluding hydrogens is 329 g/mol. The number of hydrogen-bond donors (Lipinski definition) is 1. The minimum atomic E-state index is -0.521. The van der Waals surface area contributed by atoms with Gasteiger partial charge < -0.3 is 15.2 Å². The molecule has 106 valence electrons. The van der Waals surface area contributed by atoms with Gasteiger partial charge in [-0.3, -0.25) is 0 Å². The Hall–Kier alpha value is -1.47. The molecule has 1 aliphatic rings. The van der Waals surface area contributed by atoms with Crippen LogP contribution in [0.3, 0.4) is 0 Å². The van der Waals surface area contributed by atoms with Crippen molar-refractivity contribution < 1.29 is 13.9 Å². The maximum atomic E-state index is 14.5. The molecule has 0 saturated carbocycles. The van der Waals surface area contributed by atoms with Gasteiger partial charge in [-0.1, -0.05) is 0 Å². The highest BCUT2D eigenvalue weighted by Gasteiger charge is 2.21. The van der Waals surface area contributed by atoms with E-state index in [9.17, 15) is 4.39 Å². The van der Waals surface area contributed by atoms with Gasteiger partial charge in [-0.15, -0.1) is 0 Å². The minimum Gasteiger partial charge on any atom is -0.487 e. The van der Waals surface area contributed by atoms with E-state index in [0.717, 1.165) is 12.8 Å². The lowest BCUT2D eigenvalue weighted by Gasteiger charge is -2.24. The van der Waals surface area contributed by atoms with E-state index in [1.54, 1.807) is 6.07 Å². The number of ether oxygens (including phenoxy) is 2. The average molecular weight is 342 g/mol. The van der Waals surface area contributed by atoms with Crippen LogP contribution in [-0.4, -0.2) is 29.3 Å². The van der Waals surface area contributed by atoms with Crippen molar-refractivity contribution in [1.29, 1.82) is 0 Å². The molecule has 0 bridgehead atoms. The van der Waals surface area contributed by atoms with Crippen molar-refractivity contribution in [1.82, 2.24) is 9.97 Å². The first-order valence-electron chi connectivity index (χ1n) is 6.29. The standard InChI is InChI=1S/C13H13BrFN3O2/c14-8-5-9(20-7-1-3-19-4-2-7)11(15)10-12(8)17-6-18-13(10)16/h5-7H,1-4H2,(H2,16,17,18). The summed E-state index contributed by atoms with van der Waals surface area (Å²) in [6, 6.07) is 1.58. The topological polar surface area (TPSA) is 70.3 Å². The van der Waals surface area contributed by atoms with E-state index in [0.29, 0.717) is 23.2 Å². The number of nitrogens with two attached hydrogens (primary N) is 1. The second-order valence-corrected chi connectivity index (χ2v) is 5.44. The van der Waals surface area contributed by atoms with E-state index in [1.165, 1.54) is 6.33 Å². The van der Waals surface area contributed by atoms with Crippen molar-refractivity contribution in [2.45, 2.75) is 18.9 Å². The number of aromatic nitrogens is 2. The third kappa shape index (κ3) is 2.43. The molecule has 1 aromatic heterocycles. The van der Waals surface area contributed by atoms with Gasteiger partial charge in [-0.05, 0) is 22.0 Å². The highest BCUT2D eigenvalue weighted by Crippen LogP contribution is 2.35. The third-order valence-corrected chi connectivity index (χ3v) is 3.86. The molecule has 1 saturated heterocycles. The fraction of sp³-hybridized carbons (Fsp3) is 0.385. The number of anilines is 1. The van der Waals surface area contributed by atoms with Crippen LogP contribution in [0.4, 0.5) is 10.2 Å². The van der Waals surface area contributed by atoms with E-state index < -0.39 is 5.82 Å². The zero-order chi connectivity index (χ0) is 14.1. The number of nitrogen functional groups attached to an aromatic ring is 1. The minimum absolute atomic E-state index is 0.0477. The molecule has 0 unspecified atom stereocenters. The summed E-state index contributed by atoms with van der Waals surface area (Å²) in [6.07, 6.45) is 2.75. The van der Waals surface area contributed by atoms with Gasteiger partial charge in [0.25, 0.3) is 0 Å². The lowest BCUT2D eigenvalue weighted by atomic mass is 10.1. The Kier molecular flexibility index (Phi) is 3.71. The first-order chi connectivity index (χ1) is 9.66. The molecule has 0 aliphatic carbocycles. The number of rotatable bonds is 2. The van der Waals surface area contributed by atoms with Crippen molar-refractivity contribution in [3.8, 4) is 5.75 Å². The Morgan fingerprint density at radius 2 is 2.10 bits per heavy atom. The molecule has 1 aliphatic heterocycles. The summed E-state index contributed by atoms with van der Waals surface area (Å²) in [5.41, 5.74) is 6.18. The molecule has 0 amide bonds. The lowest BCUT2D eigenvalue weighted by molar-refractivity contribution is 0.0241. The predicted molar refractivity (Wildman–Crippen MR) is 76.1 cm³/mol. The summed E-state index contributed by atoms with van der Waals surface area (Å²) in [7, 11) is 0. The van der Waals surface area contributed by atoms with Crippen molar-refractivity contribution in [2.24, 2.45) is 0 Å². The molecule has 2 aromatic rings. The molecule has 1 fully saturated rings. The molecule has 2 heterocycles. The van der Waals surface area contributed by atoms with Gasteiger partial charge in [0.15, 0.2) is 11.6 Å². The molecule has 1 aromatic carbocycles. The summed E-state index contributed by atoms with van der Waals surface area (Å²) in [5, 5.41) is 0.184. The molecule has 7 heteroatoms. The van der Waals surface area contributed by atoms with Crippen LogP contribution in [0.1, 0.15) is 12.8 Å². The number of nitrogens with zero attached hydrogens (tertiary/aromatic N) is 2. The smallest absolute Gasteiger partial charge is 0.178 e. The van der Waals surface area contributed by atoms with Gasteiger partial charge >= 0.3 is 0 Å². The van der Waals surface area contributed by atoms with Crippen LogP contribution in [0, 0.1) is 5.82 Å². The Morgan fingerprint density at radius 3 is 2.85 bits per heavy atom. The fourth-order valence-corrected chi connectivity index (χ4v) is 2.73. The van der Waals surface area contributed by atoms with Crippen LogP contribution in [0.25, 0.3) is 10.9 Å². The summed E-state index contributed by atoms with van der Waals surface area (Å²) in [4.78, 5) is 7.86. The molecule has 0 spiro atoms. The highest BCUT2D eigenvalue weighted by atomic mass is 79.9. The first-order valence-corrected chi connectivity index (χ1v) is 7.08. The van der Waals surface area contributed by atoms with E-state index in [1.807, 2.05) is 0 Å². The Bertz CT molecular complexity index is 647. The third-order valence-electron chi connectivity index (χ3n) is 3.26. The molecule has 0 radical (unpaired) electrons. The Labute approximate surface area is 123 Å². The van der Waals surface area contributed by atoms with Crippen LogP contribution >= 0.6 is 15.9 Å².